The highest BCUT2D eigenvalue weighted by Gasteiger charge is 2.72. The van der Waals surface area contributed by atoms with Crippen molar-refractivity contribution in [3.05, 3.63) is 0 Å². The normalized spacial score (nSPS) is 44.2. The van der Waals surface area contributed by atoms with Crippen LogP contribution in [-0.2, 0) is 19.1 Å². The van der Waals surface area contributed by atoms with E-state index in [-0.39, 0.29) is 57.8 Å². The summed E-state index contributed by atoms with van der Waals surface area (Å²) in [6.07, 6.45) is 14.8. The van der Waals surface area contributed by atoms with Crippen molar-refractivity contribution in [2.24, 2.45) is 62.6 Å². The number of ether oxygens (including phenoxy) is 1. The van der Waals surface area contributed by atoms with Crippen molar-refractivity contribution in [2.45, 2.75) is 164 Å². The summed E-state index contributed by atoms with van der Waals surface area (Å²) in [5, 5.41) is 9.41. The van der Waals surface area contributed by atoms with Crippen molar-refractivity contribution in [2.75, 3.05) is 0 Å². The van der Waals surface area contributed by atoms with Crippen LogP contribution in [0.5, 0.6) is 0 Å². The molecule has 1 N–H and O–H groups in total. The Morgan fingerprint density at radius 1 is 0.773 bits per heavy atom. The number of Topliss-reactive ketones (excluding diaryl/α,β-unsaturated/α-hetero) is 1. The average Bonchev–Trinajstić information content (AvgIpc) is 3.35. The molecule has 0 bridgehead atoms. The number of aliphatic carboxylic acids is 1. The third-order valence-corrected chi connectivity index (χ3v) is 15.7. The number of fused-ring (bicyclic) bond motifs is 7. The molecular weight excluding hydrogens is 548 g/mol. The highest BCUT2D eigenvalue weighted by Crippen LogP contribution is 2.77. The first-order valence-electron chi connectivity index (χ1n) is 18.5. The molecular formula is C39H64O5. The molecule has 0 heterocycles. The Hall–Kier alpha value is -1.39. The number of carboxylic acid groups (broad SMARTS) is 1. The fourth-order valence-electron chi connectivity index (χ4n) is 13.3. The van der Waals surface area contributed by atoms with E-state index in [1.165, 1.54) is 25.7 Å². The van der Waals surface area contributed by atoms with Crippen LogP contribution in [-0.4, -0.2) is 28.9 Å². The molecule has 5 fully saturated rings. The largest absolute Gasteiger partial charge is 0.481 e. The number of ketones is 1. The average molecular weight is 613 g/mol. The number of esters is 1. The summed E-state index contributed by atoms with van der Waals surface area (Å²) >= 11 is 0. The third kappa shape index (κ3) is 5.11. The van der Waals surface area contributed by atoms with Gasteiger partial charge in [-0.3, -0.25) is 14.4 Å². The topological polar surface area (TPSA) is 80.7 Å². The lowest BCUT2D eigenvalue weighted by Gasteiger charge is -2.73. The van der Waals surface area contributed by atoms with Crippen molar-refractivity contribution >= 4 is 17.7 Å². The first-order chi connectivity index (χ1) is 20.6. The summed E-state index contributed by atoms with van der Waals surface area (Å²) in [6, 6.07) is 0. The van der Waals surface area contributed by atoms with Crippen molar-refractivity contribution in [3.63, 3.8) is 0 Å². The van der Waals surface area contributed by atoms with E-state index < -0.39 is 5.97 Å². The molecule has 5 saturated carbocycles. The molecule has 250 valence electrons. The van der Waals surface area contributed by atoms with Gasteiger partial charge in [0, 0.05) is 23.7 Å². The van der Waals surface area contributed by atoms with E-state index in [0.29, 0.717) is 41.9 Å². The van der Waals surface area contributed by atoms with Gasteiger partial charge >= 0.3 is 11.9 Å². The monoisotopic (exact) mass is 612 g/mol. The number of hydrogen-bond acceptors (Lipinski definition) is 4. The fourth-order valence-corrected chi connectivity index (χ4v) is 13.3. The first-order valence-corrected chi connectivity index (χ1v) is 18.5. The maximum Gasteiger partial charge on any atom is 0.306 e. The summed E-state index contributed by atoms with van der Waals surface area (Å²) < 4.78 is 6.26. The number of carbonyl (C=O) groups is 3. The van der Waals surface area contributed by atoms with E-state index >= 15 is 0 Å². The second-order valence-corrected chi connectivity index (χ2v) is 17.9. The molecule has 5 aliphatic carbocycles. The molecule has 0 amide bonds. The zero-order valence-corrected chi connectivity index (χ0v) is 29.4. The lowest BCUT2D eigenvalue weighted by Crippen LogP contribution is -2.67. The molecule has 5 heteroatoms. The lowest BCUT2D eigenvalue weighted by molar-refractivity contribution is -0.250. The Labute approximate surface area is 268 Å². The van der Waals surface area contributed by atoms with Gasteiger partial charge in [-0.15, -0.1) is 0 Å². The maximum absolute atomic E-state index is 14.0. The molecule has 0 aromatic carbocycles. The van der Waals surface area contributed by atoms with Crippen LogP contribution < -0.4 is 0 Å². The van der Waals surface area contributed by atoms with Gasteiger partial charge in [0.05, 0.1) is 6.42 Å². The molecule has 5 aliphatic rings. The number of unbranched alkanes of at least 4 members (excludes halogenated alkanes) is 2. The summed E-state index contributed by atoms with van der Waals surface area (Å²) in [5.41, 5.74) is 0.240. The highest BCUT2D eigenvalue weighted by atomic mass is 16.5. The molecule has 0 spiro atoms. The Morgan fingerprint density at radius 3 is 2.16 bits per heavy atom. The van der Waals surface area contributed by atoms with Crippen LogP contribution in [0.15, 0.2) is 0 Å². The Bertz CT molecular complexity index is 1110. The smallest absolute Gasteiger partial charge is 0.306 e. The van der Waals surface area contributed by atoms with Crippen LogP contribution in [0, 0.1) is 62.6 Å². The van der Waals surface area contributed by atoms with Crippen LogP contribution in [0.3, 0.4) is 0 Å². The Kier molecular flexibility index (Phi) is 9.26. The van der Waals surface area contributed by atoms with E-state index in [0.717, 1.165) is 57.8 Å². The quantitative estimate of drug-likeness (QED) is 0.196. The zero-order valence-electron chi connectivity index (χ0n) is 29.4. The van der Waals surface area contributed by atoms with Crippen LogP contribution in [0.25, 0.3) is 0 Å². The minimum atomic E-state index is -0.854. The molecule has 5 nitrogen and oxygen atoms in total. The van der Waals surface area contributed by atoms with Crippen LogP contribution >= 0.6 is 0 Å². The lowest BCUT2D eigenvalue weighted by atomic mass is 9.32. The van der Waals surface area contributed by atoms with E-state index in [1.54, 1.807) is 0 Å². The van der Waals surface area contributed by atoms with Crippen molar-refractivity contribution in [1.29, 1.82) is 0 Å². The second kappa shape index (κ2) is 12.0. The predicted molar refractivity (Wildman–Crippen MR) is 175 cm³/mol. The van der Waals surface area contributed by atoms with Crippen molar-refractivity contribution < 1.29 is 24.2 Å². The van der Waals surface area contributed by atoms with E-state index in [9.17, 15) is 19.5 Å². The van der Waals surface area contributed by atoms with Gasteiger partial charge in [-0.05, 0) is 122 Å². The molecule has 5 rings (SSSR count). The SMILES string of the molecule is CCCCCC(=O)O[C@@H]1CC[C@@]2(C)C(CC[C@]3(C)C2CCC2C4C(C(C)C)CC[C@]4(C(=O)CCC(=O)O)CC[C@]23C)C1(C)C. The molecule has 0 radical (unpaired) electrons. The number of rotatable bonds is 10. The van der Waals surface area contributed by atoms with Gasteiger partial charge in [-0.25, -0.2) is 0 Å². The van der Waals surface area contributed by atoms with Crippen molar-refractivity contribution in [1.82, 2.24) is 0 Å². The van der Waals surface area contributed by atoms with Crippen LogP contribution in [0.1, 0.15) is 158 Å². The molecule has 5 unspecified atom stereocenters. The molecule has 0 aliphatic heterocycles. The molecule has 0 aromatic heterocycles. The number of carboxylic acids is 1. The summed E-state index contributed by atoms with van der Waals surface area (Å²) in [4.78, 5) is 38.3. The van der Waals surface area contributed by atoms with E-state index in [1.807, 2.05) is 0 Å². The first kappa shape index (κ1) is 34.0. The third-order valence-electron chi connectivity index (χ3n) is 15.7. The van der Waals surface area contributed by atoms with E-state index in [2.05, 4.69) is 55.4 Å². The minimum Gasteiger partial charge on any atom is -0.481 e. The standard InChI is InChI=1S/C39H64O5/c1-9-10-11-12-33(43)44-31-19-20-36(6)28(35(31,4)5)18-21-38(8)29(36)14-13-27-34-26(25(2)3)17-22-39(34,24-23-37(27,38)7)30(40)15-16-32(41)42/h25-29,31,34H,9-24H2,1-8H3,(H,41,42)/t26?,27?,28?,29?,31-,34?,36+,37-,38-,39-/m1/s1. The maximum atomic E-state index is 14.0. The number of hydrogen-bond donors (Lipinski definition) is 1. The fraction of sp³-hybridized carbons (Fsp3) is 0.923. The molecule has 0 saturated heterocycles. The van der Waals surface area contributed by atoms with Gasteiger partial charge in [-0.2, -0.15) is 0 Å². The van der Waals surface area contributed by atoms with E-state index in [4.69, 9.17) is 4.74 Å². The van der Waals surface area contributed by atoms with Gasteiger partial charge in [0.25, 0.3) is 0 Å². The van der Waals surface area contributed by atoms with Gasteiger partial charge in [-0.1, -0.05) is 68.2 Å². The van der Waals surface area contributed by atoms with Crippen LogP contribution in [0.2, 0.25) is 0 Å². The highest BCUT2D eigenvalue weighted by molar-refractivity contribution is 5.88. The minimum absolute atomic E-state index is 0.00313. The second-order valence-electron chi connectivity index (χ2n) is 17.9. The molecule has 44 heavy (non-hydrogen) atoms. The molecule has 10 atom stereocenters. The molecule has 0 aromatic rings. The van der Waals surface area contributed by atoms with Crippen molar-refractivity contribution in [3.8, 4) is 0 Å². The summed E-state index contributed by atoms with van der Waals surface area (Å²) in [6.45, 7) is 19.5. The van der Waals surface area contributed by atoms with Gasteiger partial charge in [0.15, 0.2) is 0 Å². The summed E-state index contributed by atoms with van der Waals surface area (Å²) in [5.74, 6) is 2.54. The Balaban J connectivity index is 1.42. The Morgan fingerprint density at radius 2 is 1.50 bits per heavy atom. The van der Waals surface area contributed by atoms with Crippen LogP contribution in [0.4, 0.5) is 0 Å². The van der Waals surface area contributed by atoms with Gasteiger partial charge < -0.3 is 9.84 Å². The zero-order chi connectivity index (χ0) is 32.3. The predicted octanol–water partition coefficient (Wildman–Crippen LogP) is 9.65. The summed E-state index contributed by atoms with van der Waals surface area (Å²) in [7, 11) is 0. The number of carbonyl (C=O) groups excluding carboxylic acids is 2. The van der Waals surface area contributed by atoms with Gasteiger partial charge in [0.2, 0.25) is 0 Å². The van der Waals surface area contributed by atoms with Gasteiger partial charge in [0.1, 0.15) is 11.9 Å².